The molecule has 104 valence electrons. The number of likely N-dealkylation sites (tertiary alicyclic amines) is 1. The molecule has 0 radical (unpaired) electrons. The Hall–Kier alpha value is -1.82. The van der Waals surface area contributed by atoms with Gasteiger partial charge in [0.25, 0.3) is 5.91 Å². The lowest BCUT2D eigenvalue weighted by atomic mass is 10.0. The first kappa shape index (κ1) is 13.6. The maximum absolute atomic E-state index is 11.8. The summed E-state index contributed by atoms with van der Waals surface area (Å²) in [5, 5.41) is 2.97. The van der Waals surface area contributed by atoms with Crippen LogP contribution < -0.4 is 11.1 Å². The van der Waals surface area contributed by atoms with Gasteiger partial charge in [-0.25, -0.2) is 0 Å². The predicted molar refractivity (Wildman–Crippen MR) is 69.4 cm³/mol. The predicted octanol–water partition coefficient (Wildman–Crippen LogP) is 0.348. The van der Waals surface area contributed by atoms with E-state index in [-0.39, 0.29) is 23.9 Å². The summed E-state index contributed by atoms with van der Waals surface area (Å²) < 4.78 is 4.88. The van der Waals surface area contributed by atoms with E-state index in [9.17, 15) is 9.59 Å². The van der Waals surface area contributed by atoms with Crippen LogP contribution in [0, 0.1) is 0 Å². The van der Waals surface area contributed by atoms with Gasteiger partial charge in [-0.2, -0.15) is 0 Å². The Balaban J connectivity index is 1.81. The summed E-state index contributed by atoms with van der Waals surface area (Å²) in [6.07, 6.45) is 4.55. The molecule has 1 atom stereocenters. The third-order valence-corrected chi connectivity index (χ3v) is 3.61. The molecule has 1 fully saturated rings. The van der Waals surface area contributed by atoms with Gasteiger partial charge in [0.2, 0.25) is 5.91 Å². The molecule has 0 saturated carbocycles. The molecular formula is C13H19N3O3. The Kier molecular flexibility index (Phi) is 4.21. The van der Waals surface area contributed by atoms with E-state index < -0.39 is 0 Å². The van der Waals surface area contributed by atoms with E-state index in [1.54, 1.807) is 6.07 Å². The summed E-state index contributed by atoms with van der Waals surface area (Å²) in [7, 11) is 0. The molecule has 2 rings (SSSR count). The molecule has 0 bridgehead atoms. The van der Waals surface area contributed by atoms with E-state index in [1.165, 1.54) is 12.5 Å². The van der Waals surface area contributed by atoms with Gasteiger partial charge < -0.3 is 15.5 Å². The van der Waals surface area contributed by atoms with Crippen LogP contribution in [0.2, 0.25) is 0 Å². The second-order valence-electron chi connectivity index (χ2n) is 4.87. The fraction of sp³-hybridized carbons (Fsp3) is 0.538. The Labute approximate surface area is 111 Å². The molecule has 1 aliphatic rings. The lowest BCUT2D eigenvalue weighted by Crippen LogP contribution is -2.50. The van der Waals surface area contributed by atoms with Gasteiger partial charge in [0, 0.05) is 19.1 Å². The van der Waals surface area contributed by atoms with Crippen molar-refractivity contribution in [2.24, 2.45) is 5.73 Å². The monoisotopic (exact) mass is 265 g/mol. The molecule has 1 aliphatic heterocycles. The zero-order valence-electron chi connectivity index (χ0n) is 11.0. The number of hydrogen-bond donors (Lipinski definition) is 2. The highest BCUT2D eigenvalue weighted by Crippen LogP contribution is 2.14. The summed E-state index contributed by atoms with van der Waals surface area (Å²) in [5.41, 5.74) is 5.82. The minimum atomic E-state index is -0.305. The second kappa shape index (κ2) is 5.88. The number of nitrogens with zero attached hydrogens (tertiary/aromatic N) is 1. The molecule has 2 heterocycles. The van der Waals surface area contributed by atoms with Crippen LogP contribution in [0.15, 0.2) is 23.0 Å². The van der Waals surface area contributed by atoms with E-state index in [0.29, 0.717) is 5.56 Å². The van der Waals surface area contributed by atoms with Gasteiger partial charge in [0.05, 0.1) is 17.9 Å². The normalized spacial score (nSPS) is 19.0. The number of furan rings is 1. The van der Waals surface area contributed by atoms with Crippen LogP contribution in [0.4, 0.5) is 0 Å². The quantitative estimate of drug-likeness (QED) is 0.822. The highest BCUT2D eigenvalue weighted by molar-refractivity contribution is 5.93. The minimum absolute atomic E-state index is 0.116. The van der Waals surface area contributed by atoms with Crippen molar-refractivity contribution in [3.8, 4) is 0 Å². The highest BCUT2D eigenvalue weighted by Gasteiger charge is 2.26. The number of carbonyl (C=O) groups is 2. The van der Waals surface area contributed by atoms with Crippen LogP contribution >= 0.6 is 0 Å². The van der Waals surface area contributed by atoms with Crippen molar-refractivity contribution in [3.05, 3.63) is 24.2 Å². The van der Waals surface area contributed by atoms with Crippen molar-refractivity contribution in [2.45, 2.75) is 31.8 Å². The first-order chi connectivity index (χ1) is 9.08. The number of nitrogens with two attached hydrogens (primary N) is 1. The van der Waals surface area contributed by atoms with Crippen LogP contribution in [-0.2, 0) is 4.79 Å². The Morgan fingerprint density at radius 1 is 1.47 bits per heavy atom. The van der Waals surface area contributed by atoms with E-state index in [1.807, 2.05) is 11.8 Å². The summed E-state index contributed by atoms with van der Waals surface area (Å²) in [5.74, 6) is -0.420. The second-order valence-corrected chi connectivity index (χ2v) is 4.87. The molecule has 6 nitrogen and oxygen atoms in total. The van der Waals surface area contributed by atoms with Gasteiger partial charge in [0.15, 0.2) is 0 Å². The molecule has 1 aromatic heterocycles. The molecule has 0 aliphatic carbocycles. The molecule has 1 saturated heterocycles. The fourth-order valence-corrected chi connectivity index (χ4v) is 2.27. The number of amides is 2. The Bertz CT molecular complexity index is 436. The SMILES string of the molecule is C[C@H](C(N)=O)N1CCC(NC(=O)c2ccoc2)CC1. The third kappa shape index (κ3) is 3.35. The number of piperidine rings is 1. The molecule has 0 aromatic carbocycles. The molecule has 1 aromatic rings. The highest BCUT2D eigenvalue weighted by atomic mass is 16.3. The van der Waals surface area contributed by atoms with Crippen LogP contribution in [0.25, 0.3) is 0 Å². The Morgan fingerprint density at radius 3 is 2.68 bits per heavy atom. The topological polar surface area (TPSA) is 88.6 Å². The average molecular weight is 265 g/mol. The fourth-order valence-electron chi connectivity index (χ4n) is 2.27. The molecule has 0 spiro atoms. The van der Waals surface area contributed by atoms with Crippen molar-refractivity contribution in [2.75, 3.05) is 13.1 Å². The van der Waals surface area contributed by atoms with E-state index in [4.69, 9.17) is 10.2 Å². The summed E-state index contributed by atoms with van der Waals surface area (Å²) in [4.78, 5) is 25.0. The Morgan fingerprint density at radius 2 is 2.16 bits per heavy atom. The maximum atomic E-state index is 11.8. The first-order valence-corrected chi connectivity index (χ1v) is 6.44. The van der Waals surface area contributed by atoms with E-state index >= 15 is 0 Å². The van der Waals surface area contributed by atoms with Crippen LogP contribution in [-0.4, -0.2) is 41.9 Å². The minimum Gasteiger partial charge on any atom is -0.472 e. The summed E-state index contributed by atoms with van der Waals surface area (Å²) in [6, 6.07) is 1.53. The van der Waals surface area contributed by atoms with Gasteiger partial charge >= 0.3 is 0 Å². The largest absolute Gasteiger partial charge is 0.472 e. The lowest BCUT2D eigenvalue weighted by molar-refractivity contribution is -0.123. The van der Waals surface area contributed by atoms with Crippen molar-refractivity contribution in [1.29, 1.82) is 0 Å². The standard InChI is InChI=1S/C13H19N3O3/c1-9(12(14)17)16-5-2-11(3-6-16)15-13(18)10-4-7-19-8-10/h4,7-9,11H,2-3,5-6H2,1H3,(H2,14,17)(H,15,18)/t9-/m1/s1. The number of hydrogen-bond acceptors (Lipinski definition) is 4. The number of primary amides is 1. The number of carbonyl (C=O) groups excluding carboxylic acids is 2. The zero-order chi connectivity index (χ0) is 13.8. The van der Waals surface area contributed by atoms with Crippen molar-refractivity contribution in [3.63, 3.8) is 0 Å². The van der Waals surface area contributed by atoms with E-state index in [0.717, 1.165) is 25.9 Å². The molecule has 19 heavy (non-hydrogen) atoms. The first-order valence-electron chi connectivity index (χ1n) is 6.44. The van der Waals surface area contributed by atoms with Crippen molar-refractivity contribution < 1.29 is 14.0 Å². The van der Waals surface area contributed by atoms with E-state index in [2.05, 4.69) is 5.32 Å². The molecule has 6 heteroatoms. The molecule has 2 amide bonds. The van der Waals surface area contributed by atoms with Crippen LogP contribution in [0.3, 0.4) is 0 Å². The zero-order valence-corrected chi connectivity index (χ0v) is 11.0. The van der Waals surface area contributed by atoms with Gasteiger partial charge in [-0.05, 0) is 25.8 Å². The van der Waals surface area contributed by atoms with Crippen molar-refractivity contribution in [1.82, 2.24) is 10.2 Å². The average Bonchev–Trinajstić information content (AvgIpc) is 2.92. The van der Waals surface area contributed by atoms with Crippen molar-refractivity contribution >= 4 is 11.8 Å². The number of rotatable bonds is 4. The van der Waals surface area contributed by atoms with Crippen LogP contribution in [0.1, 0.15) is 30.1 Å². The third-order valence-electron chi connectivity index (χ3n) is 3.61. The molecular weight excluding hydrogens is 246 g/mol. The summed E-state index contributed by atoms with van der Waals surface area (Å²) in [6.45, 7) is 3.34. The van der Waals surface area contributed by atoms with Crippen LogP contribution in [0.5, 0.6) is 0 Å². The molecule has 3 N–H and O–H groups in total. The lowest BCUT2D eigenvalue weighted by Gasteiger charge is -2.34. The molecule has 0 unspecified atom stereocenters. The summed E-state index contributed by atoms with van der Waals surface area (Å²) >= 11 is 0. The van der Waals surface area contributed by atoms with Gasteiger partial charge in [0.1, 0.15) is 6.26 Å². The maximum Gasteiger partial charge on any atom is 0.254 e. The van der Waals surface area contributed by atoms with Gasteiger partial charge in [-0.1, -0.05) is 0 Å². The number of nitrogens with one attached hydrogen (secondary N) is 1. The van der Waals surface area contributed by atoms with Gasteiger partial charge in [-0.15, -0.1) is 0 Å². The smallest absolute Gasteiger partial charge is 0.254 e. The van der Waals surface area contributed by atoms with Gasteiger partial charge in [-0.3, -0.25) is 14.5 Å².